The van der Waals surface area contributed by atoms with Crippen LogP contribution in [0, 0.1) is 0 Å². The maximum Gasteiger partial charge on any atom is 0.251 e. The van der Waals surface area contributed by atoms with Gasteiger partial charge in [-0.15, -0.1) is 11.3 Å². The van der Waals surface area contributed by atoms with Crippen LogP contribution in [0.25, 0.3) is 0 Å². The normalized spacial score (nSPS) is 10.5. The van der Waals surface area contributed by atoms with Crippen molar-refractivity contribution in [3.63, 3.8) is 0 Å². The zero-order chi connectivity index (χ0) is 22.8. The van der Waals surface area contributed by atoms with Crippen molar-refractivity contribution in [2.75, 3.05) is 26.9 Å². The Morgan fingerprint density at radius 1 is 0.969 bits per heavy atom. The SMILES string of the molecule is CCOc1ccc(CCNC(=O)c2ccc(OCc3cscn3)c(OC)c2)cc1OCC. The van der Waals surface area contributed by atoms with Crippen LogP contribution in [0.2, 0.25) is 0 Å². The highest BCUT2D eigenvalue weighted by Crippen LogP contribution is 2.30. The first kappa shape index (κ1) is 23.4. The minimum atomic E-state index is -0.176. The van der Waals surface area contributed by atoms with E-state index in [9.17, 15) is 4.79 Å². The van der Waals surface area contributed by atoms with E-state index in [2.05, 4.69) is 10.3 Å². The van der Waals surface area contributed by atoms with Crippen LogP contribution >= 0.6 is 11.3 Å². The molecular formula is C24H28N2O5S. The van der Waals surface area contributed by atoms with Gasteiger partial charge in [0.25, 0.3) is 5.91 Å². The van der Waals surface area contributed by atoms with Crippen LogP contribution < -0.4 is 24.3 Å². The van der Waals surface area contributed by atoms with Crippen molar-refractivity contribution >= 4 is 17.2 Å². The summed E-state index contributed by atoms with van der Waals surface area (Å²) in [6.45, 7) is 5.85. The minimum absolute atomic E-state index is 0.176. The molecule has 1 aromatic heterocycles. The predicted octanol–water partition coefficient (Wildman–Crippen LogP) is 4.50. The molecule has 0 saturated heterocycles. The Labute approximate surface area is 192 Å². The summed E-state index contributed by atoms with van der Waals surface area (Å²) in [5, 5.41) is 4.87. The number of nitrogens with zero attached hydrogens (tertiary/aromatic N) is 1. The summed E-state index contributed by atoms with van der Waals surface area (Å²) in [4.78, 5) is 16.8. The maximum absolute atomic E-state index is 12.6. The quantitative estimate of drug-likeness (QED) is 0.432. The van der Waals surface area contributed by atoms with Crippen LogP contribution in [0.15, 0.2) is 47.3 Å². The van der Waals surface area contributed by atoms with Gasteiger partial charge in [-0.05, 0) is 56.2 Å². The van der Waals surface area contributed by atoms with Crippen LogP contribution in [0.5, 0.6) is 23.0 Å². The molecule has 0 aliphatic rings. The lowest BCUT2D eigenvalue weighted by atomic mass is 10.1. The second-order valence-electron chi connectivity index (χ2n) is 6.79. The molecule has 0 saturated carbocycles. The number of nitrogens with one attached hydrogen (secondary N) is 1. The Kier molecular flexibility index (Phi) is 8.74. The molecule has 7 nitrogen and oxygen atoms in total. The minimum Gasteiger partial charge on any atom is -0.493 e. The fraction of sp³-hybridized carbons (Fsp3) is 0.333. The van der Waals surface area contributed by atoms with E-state index in [0.717, 1.165) is 22.8 Å². The number of aromatic nitrogens is 1. The molecule has 170 valence electrons. The Morgan fingerprint density at radius 2 is 1.72 bits per heavy atom. The van der Waals surface area contributed by atoms with Crippen molar-refractivity contribution in [2.24, 2.45) is 0 Å². The van der Waals surface area contributed by atoms with Crippen molar-refractivity contribution in [2.45, 2.75) is 26.9 Å². The lowest BCUT2D eigenvalue weighted by Gasteiger charge is -2.13. The second kappa shape index (κ2) is 12.0. The highest BCUT2D eigenvalue weighted by Gasteiger charge is 2.12. The van der Waals surface area contributed by atoms with E-state index in [1.807, 2.05) is 37.4 Å². The van der Waals surface area contributed by atoms with Gasteiger partial charge in [-0.2, -0.15) is 0 Å². The summed E-state index contributed by atoms with van der Waals surface area (Å²) in [6.07, 6.45) is 0.671. The van der Waals surface area contributed by atoms with Gasteiger partial charge in [-0.25, -0.2) is 4.98 Å². The average molecular weight is 457 g/mol. The third-order valence-corrected chi connectivity index (χ3v) is 5.23. The van der Waals surface area contributed by atoms with Crippen LogP contribution in [0.1, 0.15) is 35.5 Å². The van der Waals surface area contributed by atoms with Crippen LogP contribution in [-0.2, 0) is 13.0 Å². The van der Waals surface area contributed by atoms with E-state index in [0.29, 0.717) is 49.8 Å². The van der Waals surface area contributed by atoms with Crippen molar-refractivity contribution < 1.29 is 23.7 Å². The molecule has 3 aromatic rings. The van der Waals surface area contributed by atoms with E-state index >= 15 is 0 Å². The summed E-state index contributed by atoms with van der Waals surface area (Å²) in [5.74, 6) is 2.34. The van der Waals surface area contributed by atoms with Gasteiger partial charge in [0.15, 0.2) is 23.0 Å². The zero-order valence-electron chi connectivity index (χ0n) is 18.6. The predicted molar refractivity (Wildman–Crippen MR) is 124 cm³/mol. The third-order valence-electron chi connectivity index (χ3n) is 4.59. The molecule has 32 heavy (non-hydrogen) atoms. The molecule has 0 radical (unpaired) electrons. The first-order valence-electron chi connectivity index (χ1n) is 10.5. The zero-order valence-corrected chi connectivity index (χ0v) is 19.4. The number of amides is 1. The number of rotatable bonds is 12. The van der Waals surface area contributed by atoms with Crippen LogP contribution in [-0.4, -0.2) is 37.8 Å². The molecule has 0 unspecified atom stereocenters. The first-order chi connectivity index (χ1) is 15.6. The van der Waals surface area contributed by atoms with Gasteiger partial charge < -0.3 is 24.3 Å². The van der Waals surface area contributed by atoms with Crippen LogP contribution in [0.4, 0.5) is 0 Å². The molecule has 1 heterocycles. The molecule has 1 amide bonds. The van der Waals surface area contributed by atoms with Crippen LogP contribution in [0.3, 0.4) is 0 Å². The lowest BCUT2D eigenvalue weighted by Crippen LogP contribution is -2.25. The standard InChI is InChI=1S/C24H28N2O5S/c1-4-29-21-8-6-17(12-23(21)30-5-2)10-11-25-24(27)18-7-9-20(22(13-18)28-3)31-14-19-15-32-16-26-19/h6-9,12-13,15-16H,4-5,10-11,14H2,1-3H3,(H,25,27). The Bertz CT molecular complexity index is 1010. The second-order valence-corrected chi connectivity index (χ2v) is 7.51. The summed E-state index contributed by atoms with van der Waals surface area (Å²) < 4.78 is 22.4. The van der Waals surface area contributed by atoms with E-state index in [1.54, 1.807) is 30.8 Å². The van der Waals surface area contributed by atoms with Crippen molar-refractivity contribution in [1.29, 1.82) is 0 Å². The third kappa shape index (κ3) is 6.37. The monoisotopic (exact) mass is 456 g/mol. The Morgan fingerprint density at radius 3 is 2.44 bits per heavy atom. The Hall–Kier alpha value is -3.26. The van der Waals surface area contributed by atoms with Gasteiger partial charge in [0.2, 0.25) is 0 Å². The molecule has 0 aliphatic heterocycles. The van der Waals surface area contributed by atoms with E-state index < -0.39 is 0 Å². The molecule has 0 fully saturated rings. The molecule has 0 atom stereocenters. The first-order valence-corrected chi connectivity index (χ1v) is 11.4. The number of hydrogen-bond acceptors (Lipinski definition) is 7. The molecule has 1 N–H and O–H groups in total. The molecule has 0 aliphatic carbocycles. The molecule has 2 aromatic carbocycles. The highest BCUT2D eigenvalue weighted by atomic mass is 32.1. The van der Waals surface area contributed by atoms with Gasteiger partial charge in [0.05, 0.1) is 31.5 Å². The molecule has 8 heteroatoms. The van der Waals surface area contributed by atoms with Gasteiger partial charge in [0, 0.05) is 17.5 Å². The van der Waals surface area contributed by atoms with Crippen molar-refractivity contribution in [3.05, 3.63) is 64.1 Å². The summed E-state index contributed by atoms with van der Waals surface area (Å²) in [6, 6.07) is 11.0. The number of hydrogen-bond donors (Lipinski definition) is 1. The smallest absolute Gasteiger partial charge is 0.251 e. The number of methoxy groups -OCH3 is 1. The highest BCUT2D eigenvalue weighted by molar-refractivity contribution is 7.07. The van der Waals surface area contributed by atoms with Gasteiger partial charge in [0.1, 0.15) is 6.61 Å². The van der Waals surface area contributed by atoms with Gasteiger partial charge in [-0.3, -0.25) is 4.79 Å². The average Bonchev–Trinajstić information content (AvgIpc) is 3.33. The van der Waals surface area contributed by atoms with Gasteiger partial charge in [-0.1, -0.05) is 6.07 Å². The number of carbonyl (C=O) groups is 1. The number of benzene rings is 2. The molecule has 0 bridgehead atoms. The Balaban J connectivity index is 1.57. The fourth-order valence-corrected chi connectivity index (χ4v) is 3.61. The molecule has 0 spiro atoms. The number of carbonyl (C=O) groups excluding carboxylic acids is 1. The van der Waals surface area contributed by atoms with E-state index in [1.165, 1.54) is 11.3 Å². The molecular weight excluding hydrogens is 428 g/mol. The van der Waals surface area contributed by atoms with E-state index in [-0.39, 0.29) is 5.91 Å². The lowest BCUT2D eigenvalue weighted by molar-refractivity contribution is 0.0953. The largest absolute Gasteiger partial charge is 0.493 e. The number of ether oxygens (including phenoxy) is 4. The van der Waals surface area contributed by atoms with Gasteiger partial charge >= 0.3 is 0 Å². The topological polar surface area (TPSA) is 78.9 Å². The number of thiazole rings is 1. The van der Waals surface area contributed by atoms with Crippen molar-refractivity contribution in [3.8, 4) is 23.0 Å². The van der Waals surface area contributed by atoms with Crippen molar-refractivity contribution in [1.82, 2.24) is 10.3 Å². The summed E-state index contributed by atoms with van der Waals surface area (Å²) in [7, 11) is 1.55. The maximum atomic E-state index is 12.6. The fourth-order valence-electron chi connectivity index (χ4n) is 3.06. The summed E-state index contributed by atoms with van der Waals surface area (Å²) in [5.41, 5.74) is 4.17. The summed E-state index contributed by atoms with van der Waals surface area (Å²) >= 11 is 1.51. The van der Waals surface area contributed by atoms with E-state index in [4.69, 9.17) is 18.9 Å². The molecule has 3 rings (SSSR count).